The van der Waals surface area contributed by atoms with Crippen molar-refractivity contribution < 1.29 is 0 Å². The van der Waals surface area contributed by atoms with Crippen LogP contribution in [0.5, 0.6) is 0 Å². The van der Waals surface area contributed by atoms with Crippen molar-refractivity contribution in [2.45, 2.75) is 32.6 Å². The van der Waals surface area contributed by atoms with Gasteiger partial charge < -0.3 is 0 Å². The molecule has 0 spiro atoms. The molecule has 0 aliphatic heterocycles. The smallest absolute Gasteiger partial charge is 0.0587 e. The lowest BCUT2D eigenvalue weighted by atomic mass is 9.96. The Morgan fingerprint density at radius 2 is 1.57 bits per heavy atom. The standard InChI is InChI=1S/C12H17NS/c1-9(2)11-4-6-12(7-5-11)10(3)8-13-14/h4-7,9-10H,8H2,1-3H3. The van der Waals surface area contributed by atoms with Crippen molar-refractivity contribution in [1.82, 2.24) is 0 Å². The van der Waals surface area contributed by atoms with Gasteiger partial charge >= 0.3 is 0 Å². The van der Waals surface area contributed by atoms with Crippen LogP contribution >= 0.6 is 0 Å². The molecule has 0 aromatic heterocycles. The van der Waals surface area contributed by atoms with Crippen LogP contribution in [0.2, 0.25) is 0 Å². The first-order chi connectivity index (χ1) is 6.65. The van der Waals surface area contributed by atoms with E-state index in [4.69, 9.17) is 0 Å². The van der Waals surface area contributed by atoms with E-state index in [1.54, 1.807) is 0 Å². The molecule has 1 aromatic rings. The highest BCUT2D eigenvalue weighted by atomic mass is 32.1. The normalized spacial score (nSPS) is 12.9. The lowest BCUT2D eigenvalue weighted by molar-refractivity contribution is 0.780. The number of hydrogen-bond donors (Lipinski definition) is 0. The molecule has 1 rings (SSSR count). The highest BCUT2D eigenvalue weighted by Crippen LogP contribution is 2.19. The van der Waals surface area contributed by atoms with Crippen LogP contribution < -0.4 is 0 Å². The summed E-state index contributed by atoms with van der Waals surface area (Å²) in [5.41, 5.74) is 2.71. The molecule has 0 saturated heterocycles. The molecule has 0 radical (unpaired) electrons. The first-order valence-electron chi connectivity index (χ1n) is 5.04. The number of nitrogens with zero attached hydrogens (tertiary/aromatic N) is 1. The Labute approximate surface area is 91.7 Å². The van der Waals surface area contributed by atoms with E-state index < -0.39 is 0 Å². The van der Waals surface area contributed by atoms with Gasteiger partial charge in [0.1, 0.15) is 0 Å². The van der Waals surface area contributed by atoms with E-state index in [0.29, 0.717) is 11.8 Å². The number of hydrogen-bond acceptors (Lipinski definition) is 2. The van der Waals surface area contributed by atoms with Crippen LogP contribution in [0.4, 0.5) is 0 Å². The van der Waals surface area contributed by atoms with Gasteiger partial charge in [-0.15, -0.1) is 0 Å². The van der Waals surface area contributed by atoms with Crippen LogP contribution in [0.1, 0.15) is 43.7 Å². The largest absolute Gasteiger partial charge is 0.219 e. The number of rotatable bonds is 4. The maximum Gasteiger partial charge on any atom is 0.0587 e. The van der Waals surface area contributed by atoms with Gasteiger partial charge in [-0.2, -0.15) is 0 Å². The highest BCUT2D eigenvalue weighted by molar-refractivity contribution is 7.47. The average molecular weight is 207 g/mol. The fourth-order valence-corrected chi connectivity index (χ4v) is 1.65. The minimum absolute atomic E-state index is 0.439. The second kappa shape index (κ2) is 5.20. The zero-order valence-electron chi connectivity index (χ0n) is 9.03. The second-order valence-electron chi connectivity index (χ2n) is 4.03. The molecule has 76 valence electrons. The van der Waals surface area contributed by atoms with Gasteiger partial charge in [0.05, 0.1) is 6.54 Å². The lowest BCUT2D eigenvalue weighted by Crippen LogP contribution is -1.97. The van der Waals surface area contributed by atoms with Gasteiger partial charge in [-0.25, -0.2) is 4.36 Å². The van der Waals surface area contributed by atoms with Crippen molar-refractivity contribution in [3.8, 4) is 0 Å². The molecule has 14 heavy (non-hydrogen) atoms. The maximum absolute atomic E-state index is 4.62. The topological polar surface area (TPSA) is 12.4 Å². The molecule has 2 heteroatoms. The van der Waals surface area contributed by atoms with Gasteiger partial charge in [0, 0.05) is 18.3 Å². The summed E-state index contributed by atoms with van der Waals surface area (Å²) >= 11 is 4.62. The third-order valence-corrected chi connectivity index (χ3v) is 2.67. The van der Waals surface area contributed by atoms with Crippen molar-refractivity contribution in [3.05, 3.63) is 35.4 Å². The van der Waals surface area contributed by atoms with E-state index in [1.807, 2.05) is 0 Å². The van der Waals surface area contributed by atoms with E-state index in [-0.39, 0.29) is 0 Å². The van der Waals surface area contributed by atoms with Crippen molar-refractivity contribution in [2.24, 2.45) is 4.36 Å². The molecule has 1 nitrogen and oxygen atoms in total. The lowest BCUT2D eigenvalue weighted by Gasteiger charge is -2.10. The fourth-order valence-electron chi connectivity index (χ4n) is 1.43. The molecule has 0 bridgehead atoms. The summed E-state index contributed by atoms with van der Waals surface area (Å²) in [6.45, 7) is 7.30. The zero-order valence-corrected chi connectivity index (χ0v) is 9.84. The minimum Gasteiger partial charge on any atom is -0.219 e. The maximum atomic E-state index is 4.62. The fraction of sp³-hybridized carbons (Fsp3) is 0.500. The molecule has 0 fully saturated rings. The summed E-state index contributed by atoms with van der Waals surface area (Å²) in [7, 11) is 0. The van der Waals surface area contributed by atoms with Gasteiger partial charge in [0.2, 0.25) is 0 Å². The average Bonchev–Trinajstić information content (AvgIpc) is 2.18. The van der Waals surface area contributed by atoms with Crippen molar-refractivity contribution in [2.75, 3.05) is 6.54 Å². The minimum atomic E-state index is 0.439. The van der Waals surface area contributed by atoms with Gasteiger partial charge in [0.25, 0.3) is 0 Å². The zero-order chi connectivity index (χ0) is 10.6. The van der Waals surface area contributed by atoms with Gasteiger partial charge in [-0.1, -0.05) is 45.0 Å². The summed E-state index contributed by atoms with van der Waals surface area (Å²) in [5, 5.41) is 0. The summed E-state index contributed by atoms with van der Waals surface area (Å²) in [5.74, 6) is 1.04. The molecule has 1 aromatic carbocycles. The summed E-state index contributed by atoms with van der Waals surface area (Å²) in [6.07, 6.45) is 0. The predicted molar refractivity (Wildman–Crippen MR) is 63.6 cm³/mol. The van der Waals surface area contributed by atoms with E-state index in [9.17, 15) is 0 Å². The molecule has 0 saturated carbocycles. The molecule has 0 amide bonds. The van der Waals surface area contributed by atoms with Crippen LogP contribution in [-0.4, -0.2) is 6.54 Å². The van der Waals surface area contributed by atoms with Gasteiger partial charge in [0.15, 0.2) is 0 Å². The third kappa shape index (κ3) is 2.88. The van der Waals surface area contributed by atoms with Crippen molar-refractivity contribution >= 4 is 12.4 Å². The van der Waals surface area contributed by atoms with E-state index in [1.165, 1.54) is 11.1 Å². The van der Waals surface area contributed by atoms with Crippen LogP contribution in [0, 0.1) is 0 Å². The molecule has 1 atom stereocenters. The Hall–Kier alpha value is -0.760. The first kappa shape index (κ1) is 11.3. The number of benzene rings is 1. The predicted octanol–water partition coefficient (Wildman–Crippen LogP) is 3.64. The second-order valence-corrected chi connectivity index (χ2v) is 4.29. The molecule has 0 aliphatic rings. The van der Waals surface area contributed by atoms with E-state index in [0.717, 1.165) is 6.54 Å². The van der Waals surface area contributed by atoms with Crippen LogP contribution in [-0.2, 0) is 12.4 Å². The summed E-state index contributed by atoms with van der Waals surface area (Å²) in [4.78, 5) is 0. The van der Waals surface area contributed by atoms with Gasteiger partial charge in [-0.05, 0) is 17.0 Å². The van der Waals surface area contributed by atoms with Crippen LogP contribution in [0.15, 0.2) is 28.6 Å². The molecule has 0 aliphatic carbocycles. The Morgan fingerprint density at radius 1 is 1.07 bits per heavy atom. The van der Waals surface area contributed by atoms with E-state index >= 15 is 0 Å². The molecule has 1 unspecified atom stereocenters. The van der Waals surface area contributed by atoms with Gasteiger partial charge in [-0.3, -0.25) is 0 Å². The first-order valence-corrected chi connectivity index (χ1v) is 5.40. The summed E-state index contributed by atoms with van der Waals surface area (Å²) in [6, 6.07) is 8.75. The Bertz CT molecular complexity index is 290. The summed E-state index contributed by atoms with van der Waals surface area (Å²) < 4.78 is 3.75. The monoisotopic (exact) mass is 207 g/mol. The Balaban J connectivity index is 2.77. The quantitative estimate of drug-likeness (QED) is 0.734. The van der Waals surface area contributed by atoms with Crippen LogP contribution in [0.25, 0.3) is 0 Å². The van der Waals surface area contributed by atoms with Crippen molar-refractivity contribution in [3.63, 3.8) is 0 Å². The van der Waals surface area contributed by atoms with E-state index in [2.05, 4.69) is 61.8 Å². The third-order valence-electron chi connectivity index (χ3n) is 2.52. The highest BCUT2D eigenvalue weighted by Gasteiger charge is 2.05. The SMILES string of the molecule is CC(C)c1ccc(C(C)CN=S)cc1. The van der Waals surface area contributed by atoms with Crippen LogP contribution in [0.3, 0.4) is 0 Å². The molecular formula is C12H17NS. The Morgan fingerprint density at radius 3 is 2.00 bits per heavy atom. The molecule has 0 N–H and O–H groups in total. The van der Waals surface area contributed by atoms with Crippen molar-refractivity contribution in [1.29, 1.82) is 0 Å². The Kier molecular flexibility index (Phi) is 4.21. The molecule has 0 heterocycles. The molecular weight excluding hydrogens is 190 g/mol.